The quantitative estimate of drug-likeness (QED) is 0.596. The number of hydrogen-bond donors (Lipinski definition) is 2. The van der Waals surface area contributed by atoms with Crippen molar-refractivity contribution in [2.75, 3.05) is 12.8 Å². The average molecular weight is 227 g/mol. The van der Waals surface area contributed by atoms with Crippen LogP contribution in [-0.4, -0.2) is 23.2 Å². The van der Waals surface area contributed by atoms with Gasteiger partial charge in [-0.2, -0.15) is 0 Å². The lowest BCUT2D eigenvalue weighted by Gasteiger charge is -2.03. The van der Waals surface area contributed by atoms with E-state index >= 15 is 0 Å². The van der Waals surface area contributed by atoms with Gasteiger partial charge in [0, 0.05) is 30.7 Å². The Kier molecular flexibility index (Phi) is 3.00. The molecule has 2 rings (SSSR count). The van der Waals surface area contributed by atoms with Gasteiger partial charge in [-0.1, -0.05) is 0 Å². The van der Waals surface area contributed by atoms with Crippen LogP contribution in [0, 0.1) is 0 Å². The first-order valence-corrected chi connectivity index (χ1v) is 5.11. The topological polar surface area (TPSA) is 90.2 Å². The van der Waals surface area contributed by atoms with Crippen LogP contribution in [0.5, 0.6) is 0 Å². The third-order valence-electron chi connectivity index (χ3n) is 2.31. The molecule has 17 heavy (non-hydrogen) atoms. The second kappa shape index (κ2) is 4.61. The van der Waals surface area contributed by atoms with Gasteiger partial charge in [0.2, 0.25) is 0 Å². The maximum Gasteiger partial charge on any atom is 0.0922 e. The zero-order chi connectivity index (χ0) is 12.3. The number of allylic oxidation sites excluding steroid dienone is 1. The van der Waals surface area contributed by atoms with E-state index in [1.165, 1.54) is 6.20 Å². The molecule has 0 aliphatic heterocycles. The Morgan fingerprint density at radius 2 is 2.18 bits per heavy atom. The van der Waals surface area contributed by atoms with Crippen LogP contribution >= 0.6 is 0 Å². The molecule has 0 aliphatic carbocycles. The molecule has 0 radical (unpaired) electrons. The highest BCUT2D eigenvalue weighted by Crippen LogP contribution is 2.16. The highest BCUT2D eigenvalue weighted by molar-refractivity contribution is 6.09. The molecule has 0 saturated carbocycles. The smallest absolute Gasteiger partial charge is 0.0922 e. The first-order chi connectivity index (χ1) is 8.24. The monoisotopic (exact) mass is 227 g/mol. The van der Waals surface area contributed by atoms with Gasteiger partial charge in [0.05, 0.1) is 22.9 Å². The summed E-state index contributed by atoms with van der Waals surface area (Å²) in [5.41, 5.74) is 14.8. The summed E-state index contributed by atoms with van der Waals surface area (Å²) in [5.74, 6) is 0. The second-order valence-corrected chi connectivity index (χ2v) is 3.51. The van der Waals surface area contributed by atoms with Gasteiger partial charge in [-0.05, 0) is 18.2 Å². The van der Waals surface area contributed by atoms with Crippen LogP contribution in [0.2, 0.25) is 0 Å². The molecule has 1 heterocycles. The predicted octanol–water partition coefficient (Wildman–Crippen LogP) is 1.21. The molecule has 0 saturated heterocycles. The zero-order valence-electron chi connectivity index (χ0n) is 9.46. The number of nitrogen functional groups attached to an aromatic ring is 1. The Bertz CT molecular complexity index is 601. The molecule has 5 heteroatoms. The predicted molar refractivity (Wildman–Crippen MR) is 70.5 cm³/mol. The Morgan fingerprint density at radius 3 is 2.88 bits per heavy atom. The molecule has 0 atom stereocenters. The van der Waals surface area contributed by atoms with Crippen LogP contribution in [-0.2, 0) is 0 Å². The fourth-order valence-electron chi connectivity index (χ4n) is 1.50. The fraction of sp³-hybridized carbons (Fsp3) is 0.0833. The van der Waals surface area contributed by atoms with Crippen molar-refractivity contribution in [3.05, 3.63) is 36.3 Å². The van der Waals surface area contributed by atoms with Gasteiger partial charge in [-0.25, -0.2) is 4.98 Å². The maximum absolute atomic E-state index is 5.71. The van der Waals surface area contributed by atoms with E-state index in [2.05, 4.69) is 15.0 Å². The number of rotatable bonds is 2. The fourth-order valence-corrected chi connectivity index (χ4v) is 1.50. The number of nitrogens with two attached hydrogens (primary N) is 2. The Hall–Kier alpha value is -2.43. The van der Waals surface area contributed by atoms with Gasteiger partial charge >= 0.3 is 0 Å². The van der Waals surface area contributed by atoms with Crippen molar-refractivity contribution in [2.45, 2.75) is 0 Å². The van der Waals surface area contributed by atoms with Gasteiger partial charge in [-0.15, -0.1) is 0 Å². The number of fused-ring (bicyclic) bond motifs is 1. The number of aliphatic imine (C=N–C) groups is 1. The average Bonchev–Trinajstić information content (AvgIpc) is 2.35. The van der Waals surface area contributed by atoms with Crippen molar-refractivity contribution in [3.63, 3.8) is 0 Å². The second-order valence-electron chi connectivity index (χ2n) is 3.51. The Labute approximate surface area is 98.9 Å². The molecule has 0 bridgehead atoms. The summed E-state index contributed by atoms with van der Waals surface area (Å²) in [6.45, 7) is 0. The molecule has 4 N–H and O–H groups in total. The molecule has 2 aromatic rings. The number of anilines is 1. The Balaban J connectivity index is 2.57. The summed E-state index contributed by atoms with van der Waals surface area (Å²) in [6, 6.07) is 5.41. The lowest BCUT2D eigenvalue weighted by Crippen LogP contribution is -1.97. The summed E-state index contributed by atoms with van der Waals surface area (Å²) in [5, 5.41) is 0. The molecular weight excluding hydrogens is 214 g/mol. The normalized spacial score (nSPS) is 12.4. The number of hydrogen-bond acceptors (Lipinski definition) is 5. The van der Waals surface area contributed by atoms with Crippen molar-refractivity contribution in [1.82, 2.24) is 9.97 Å². The van der Waals surface area contributed by atoms with E-state index in [4.69, 9.17) is 11.5 Å². The van der Waals surface area contributed by atoms with E-state index in [9.17, 15) is 0 Å². The number of benzene rings is 1. The van der Waals surface area contributed by atoms with Gasteiger partial charge in [0.1, 0.15) is 0 Å². The third-order valence-corrected chi connectivity index (χ3v) is 2.31. The lowest BCUT2D eigenvalue weighted by molar-refractivity contribution is 1.25. The van der Waals surface area contributed by atoms with Gasteiger partial charge in [0.25, 0.3) is 0 Å². The standard InChI is InChI=1S/C12H13N5/c1-15-6-8(5-13)12-7-16-10-3-2-9(14)4-11(10)17-12/h2-7H,13-14H2,1H3. The van der Waals surface area contributed by atoms with Crippen LogP contribution in [0.4, 0.5) is 5.69 Å². The molecular formula is C12H13N5. The van der Waals surface area contributed by atoms with Crippen molar-refractivity contribution >= 4 is 28.5 Å². The van der Waals surface area contributed by atoms with E-state index in [1.54, 1.807) is 31.6 Å². The maximum atomic E-state index is 5.71. The highest BCUT2D eigenvalue weighted by atomic mass is 14.8. The first kappa shape index (κ1) is 11.1. The molecule has 1 aromatic carbocycles. The number of nitrogens with zero attached hydrogens (tertiary/aromatic N) is 3. The third kappa shape index (κ3) is 2.23. The summed E-state index contributed by atoms with van der Waals surface area (Å²) in [6.07, 6.45) is 4.76. The van der Waals surface area contributed by atoms with Crippen molar-refractivity contribution < 1.29 is 0 Å². The molecule has 0 unspecified atom stereocenters. The van der Waals surface area contributed by atoms with E-state index in [1.807, 2.05) is 6.07 Å². The minimum atomic E-state index is 0.659. The van der Waals surface area contributed by atoms with Crippen molar-refractivity contribution in [3.8, 4) is 0 Å². The first-order valence-electron chi connectivity index (χ1n) is 5.11. The molecule has 0 aliphatic rings. The summed E-state index contributed by atoms with van der Waals surface area (Å²) in [7, 11) is 1.68. The molecule has 1 aromatic heterocycles. The summed E-state index contributed by atoms with van der Waals surface area (Å²) >= 11 is 0. The number of aromatic nitrogens is 2. The van der Waals surface area contributed by atoms with Crippen LogP contribution in [0.3, 0.4) is 0 Å². The van der Waals surface area contributed by atoms with Crippen LogP contribution in [0.15, 0.2) is 35.6 Å². The van der Waals surface area contributed by atoms with Gasteiger partial charge in [0.15, 0.2) is 0 Å². The minimum absolute atomic E-state index is 0.659. The molecule has 0 spiro atoms. The summed E-state index contributed by atoms with van der Waals surface area (Å²) in [4.78, 5) is 12.7. The van der Waals surface area contributed by atoms with Crippen molar-refractivity contribution in [2.24, 2.45) is 10.7 Å². The van der Waals surface area contributed by atoms with E-state index < -0.39 is 0 Å². The molecule has 0 fully saturated rings. The largest absolute Gasteiger partial charge is 0.404 e. The van der Waals surface area contributed by atoms with Crippen molar-refractivity contribution in [1.29, 1.82) is 0 Å². The van der Waals surface area contributed by atoms with Gasteiger partial charge < -0.3 is 11.5 Å². The molecule has 0 amide bonds. The SMILES string of the molecule is CN=CC(=CN)c1cnc2ccc(N)cc2n1. The highest BCUT2D eigenvalue weighted by Gasteiger charge is 2.03. The van der Waals surface area contributed by atoms with E-state index in [-0.39, 0.29) is 0 Å². The van der Waals surface area contributed by atoms with Gasteiger partial charge in [-0.3, -0.25) is 9.98 Å². The van der Waals surface area contributed by atoms with Crippen LogP contribution in [0.1, 0.15) is 5.69 Å². The van der Waals surface area contributed by atoms with Crippen LogP contribution in [0.25, 0.3) is 16.6 Å². The molecule has 86 valence electrons. The lowest BCUT2D eigenvalue weighted by atomic mass is 10.2. The summed E-state index contributed by atoms with van der Waals surface area (Å²) < 4.78 is 0. The minimum Gasteiger partial charge on any atom is -0.404 e. The molecule has 5 nitrogen and oxygen atoms in total. The zero-order valence-corrected chi connectivity index (χ0v) is 9.46. The Morgan fingerprint density at radius 1 is 1.35 bits per heavy atom. The van der Waals surface area contributed by atoms with E-state index in [0.717, 1.165) is 16.6 Å². The van der Waals surface area contributed by atoms with E-state index in [0.29, 0.717) is 11.4 Å². The van der Waals surface area contributed by atoms with Crippen LogP contribution < -0.4 is 11.5 Å².